The van der Waals surface area contributed by atoms with Gasteiger partial charge in [0.1, 0.15) is 11.6 Å². The van der Waals surface area contributed by atoms with Gasteiger partial charge < -0.3 is 21.5 Å². The Kier molecular flexibility index (Phi) is 6.81. The lowest BCUT2D eigenvalue weighted by Gasteiger charge is -2.71. The number of carbonyl (C=O) groups is 1. The first-order valence-electron chi connectivity index (χ1n) is 18.7. The molecule has 1 aliphatic heterocycles. The van der Waals surface area contributed by atoms with E-state index in [0.29, 0.717) is 11.8 Å². The fraction of sp³-hybridized carbons (Fsp3) is 0.725. The van der Waals surface area contributed by atoms with E-state index in [-0.39, 0.29) is 39.0 Å². The number of aromatic nitrogens is 3. The number of nitrogens with zero attached hydrogens (tertiary/aromatic N) is 3. The fourth-order valence-electron chi connectivity index (χ4n) is 13.2. The van der Waals surface area contributed by atoms with Crippen LogP contribution in [0.15, 0.2) is 23.9 Å². The first-order valence-corrected chi connectivity index (χ1v) is 18.7. The van der Waals surface area contributed by atoms with Crippen LogP contribution in [0.3, 0.4) is 0 Å². The van der Waals surface area contributed by atoms with Crippen LogP contribution < -0.4 is 16.4 Å². The molecule has 3 heterocycles. The third kappa shape index (κ3) is 4.13. The highest BCUT2D eigenvalue weighted by Gasteiger charge is 2.70. The van der Waals surface area contributed by atoms with Crippen LogP contribution in [0.25, 0.3) is 5.57 Å². The van der Waals surface area contributed by atoms with Crippen molar-refractivity contribution in [2.75, 3.05) is 23.7 Å². The van der Waals surface area contributed by atoms with Crippen molar-refractivity contribution in [1.82, 2.24) is 15.2 Å². The Balaban J connectivity index is 1.33. The average molecular weight is 655 g/mol. The molecular formula is C40H58N6O2. The van der Waals surface area contributed by atoms with Crippen molar-refractivity contribution in [3.63, 3.8) is 0 Å². The summed E-state index contributed by atoms with van der Waals surface area (Å²) in [5.41, 5.74) is 18.5. The Morgan fingerprint density at radius 2 is 1.75 bits per heavy atom. The number of rotatable bonds is 3. The summed E-state index contributed by atoms with van der Waals surface area (Å²) in [6.07, 6.45) is 11.6. The van der Waals surface area contributed by atoms with Crippen molar-refractivity contribution in [3.8, 4) is 0 Å². The second-order valence-electron chi connectivity index (χ2n) is 19.1. The molecule has 2 aromatic rings. The molecule has 8 heteroatoms. The normalized spacial score (nSPS) is 41.1. The van der Waals surface area contributed by atoms with Crippen molar-refractivity contribution in [1.29, 1.82) is 0 Å². The molecule has 8 unspecified atom stereocenters. The van der Waals surface area contributed by atoms with Gasteiger partial charge in [-0.3, -0.25) is 9.89 Å². The second-order valence-corrected chi connectivity index (χ2v) is 19.1. The molecule has 3 saturated carbocycles. The molecule has 8 nitrogen and oxygen atoms in total. The van der Waals surface area contributed by atoms with Crippen LogP contribution in [0.2, 0.25) is 0 Å². The van der Waals surface area contributed by atoms with Gasteiger partial charge in [0.2, 0.25) is 0 Å². The molecule has 260 valence electrons. The van der Waals surface area contributed by atoms with E-state index in [0.717, 1.165) is 94.6 Å². The zero-order valence-electron chi connectivity index (χ0n) is 30.4. The van der Waals surface area contributed by atoms with Crippen LogP contribution in [-0.2, 0) is 16.6 Å². The lowest BCUT2D eigenvalue weighted by molar-refractivity contribution is -0.175. The Hall–Kier alpha value is -2.87. The zero-order chi connectivity index (χ0) is 34.2. The predicted octanol–water partition coefficient (Wildman–Crippen LogP) is 7.35. The van der Waals surface area contributed by atoms with E-state index >= 15 is 0 Å². The smallest absolute Gasteiger partial charge is 0.310 e. The van der Waals surface area contributed by atoms with Gasteiger partial charge in [-0.05, 0) is 127 Å². The highest BCUT2D eigenvalue weighted by atomic mass is 16.4. The number of H-pyrrole nitrogens is 1. The molecule has 8 rings (SSSR count). The maximum atomic E-state index is 13.5. The van der Waals surface area contributed by atoms with Gasteiger partial charge in [0, 0.05) is 36.3 Å². The van der Waals surface area contributed by atoms with Crippen LogP contribution in [0, 0.1) is 44.8 Å². The number of aromatic amines is 1. The van der Waals surface area contributed by atoms with Crippen molar-refractivity contribution in [2.45, 2.75) is 124 Å². The molecule has 0 spiro atoms. The number of nitrogen functional groups attached to an aromatic ring is 1. The van der Waals surface area contributed by atoms with E-state index in [9.17, 15) is 9.90 Å². The van der Waals surface area contributed by atoms with E-state index in [1.165, 1.54) is 22.3 Å². The summed E-state index contributed by atoms with van der Waals surface area (Å²) in [7, 11) is 0. The number of allylic oxidation sites excluding steroid dienone is 2. The first-order chi connectivity index (χ1) is 22.5. The third-order valence-electron chi connectivity index (χ3n) is 16.0. The van der Waals surface area contributed by atoms with Crippen molar-refractivity contribution >= 4 is 23.2 Å². The number of anilines is 2. The standard InChI is InChI=1S/C40H58N6O2/c1-35(2)13-15-40(34(47)48)16-14-39(7)31(27(40)20-35)25(23-8-9-30(43-21-23)46-17-11-24(41)22-46)18-29-37(5)19-26-32(44-45-33(26)42)36(3,4)28(37)10-12-38(29,39)6/h8-9,21,24,27-29H,10-20,22,41H2,1-7H3,(H,47,48)(H3,42,44,45). The highest BCUT2D eigenvalue weighted by molar-refractivity contribution is 5.80. The molecule has 0 amide bonds. The fourth-order valence-corrected chi connectivity index (χ4v) is 13.2. The first kappa shape index (κ1) is 32.3. The number of aliphatic carboxylic acids is 1. The van der Waals surface area contributed by atoms with Crippen molar-refractivity contribution in [3.05, 3.63) is 40.7 Å². The monoisotopic (exact) mass is 654 g/mol. The molecule has 6 N–H and O–H groups in total. The SMILES string of the molecule is CC1(C)CCC2(C(=O)O)CCC3(C)C(=C(c4ccc(N5CCC(N)C5)nc4)CC4C5(C)Cc6c(n[nH]c6N)C(C)(C)C5CCC43C)C2C1. The van der Waals surface area contributed by atoms with Gasteiger partial charge in [0.25, 0.3) is 0 Å². The highest BCUT2D eigenvalue weighted by Crippen LogP contribution is 2.77. The minimum Gasteiger partial charge on any atom is -0.481 e. The van der Waals surface area contributed by atoms with E-state index in [2.05, 4.69) is 76.8 Å². The third-order valence-corrected chi connectivity index (χ3v) is 16.0. The molecule has 1 saturated heterocycles. The number of fused-ring (bicyclic) bond motifs is 8. The number of carboxylic acid groups (broad SMARTS) is 1. The van der Waals surface area contributed by atoms with Gasteiger partial charge >= 0.3 is 5.97 Å². The minimum absolute atomic E-state index is 0.00745. The van der Waals surface area contributed by atoms with Crippen molar-refractivity contribution < 1.29 is 9.90 Å². The zero-order valence-corrected chi connectivity index (χ0v) is 30.4. The molecule has 6 aliphatic rings. The summed E-state index contributed by atoms with van der Waals surface area (Å²) in [5.74, 6) is 2.02. The summed E-state index contributed by atoms with van der Waals surface area (Å²) in [4.78, 5) is 20.9. The van der Waals surface area contributed by atoms with Crippen LogP contribution in [0.1, 0.15) is 123 Å². The number of nitrogens with one attached hydrogen (secondary N) is 1. The Labute approximate surface area is 286 Å². The minimum atomic E-state index is -0.702. The van der Waals surface area contributed by atoms with Crippen LogP contribution in [0.5, 0.6) is 0 Å². The number of hydrogen-bond donors (Lipinski definition) is 4. The summed E-state index contributed by atoms with van der Waals surface area (Å²) < 4.78 is 0. The molecule has 8 atom stereocenters. The van der Waals surface area contributed by atoms with E-state index in [1.54, 1.807) is 0 Å². The maximum Gasteiger partial charge on any atom is 0.310 e. The molecule has 4 fully saturated rings. The number of pyridine rings is 1. The molecule has 0 aromatic carbocycles. The second kappa shape index (κ2) is 10.1. The quantitative estimate of drug-likeness (QED) is 0.272. The lowest BCUT2D eigenvalue weighted by atomic mass is 9.33. The van der Waals surface area contributed by atoms with Gasteiger partial charge in [-0.15, -0.1) is 0 Å². The Bertz CT molecular complexity index is 1690. The largest absolute Gasteiger partial charge is 0.481 e. The van der Waals surface area contributed by atoms with Gasteiger partial charge in [0.15, 0.2) is 0 Å². The number of hydrogen-bond acceptors (Lipinski definition) is 6. The van der Waals surface area contributed by atoms with E-state index < -0.39 is 11.4 Å². The molecular weight excluding hydrogens is 596 g/mol. The van der Waals surface area contributed by atoms with Gasteiger partial charge in [-0.1, -0.05) is 54.0 Å². The van der Waals surface area contributed by atoms with Crippen LogP contribution in [-0.4, -0.2) is 45.4 Å². The summed E-state index contributed by atoms with van der Waals surface area (Å²) in [6.45, 7) is 19.0. The van der Waals surface area contributed by atoms with E-state index in [1.807, 2.05) is 0 Å². The van der Waals surface area contributed by atoms with Gasteiger partial charge in [-0.2, -0.15) is 5.10 Å². The van der Waals surface area contributed by atoms with Crippen LogP contribution >= 0.6 is 0 Å². The maximum absolute atomic E-state index is 13.5. The Morgan fingerprint density at radius 3 is 2.42 bits per heavy atom. The Morgan fingerprint density at radius 1 is 1.00 bits per heavy atom. The molecule has 48 heavy (non-hydrogen) atoms. The molecule has 2 aromatic heterocycles. The number of nitrogens with two attached hydrogens (primary N) is 2. The van der Waals surface area contributed by atoms with Crippen molar-refractivity contribution in [2.24, 2.45) is 50.6 Å². The van der Waals surface area contributed by atoms with Gasteiger partial charge in [-0.25, -0.2) is 4.98 Å². The molecule has 5 aliphatic carbocycles. The topological polar surface area (TPSA) is 134 Å². The summed E-state index contributed by atoms with van der Waals surface area (Å²) in [6, 6.07) is 4.68. The summed E-state index contributed by atoms with van der Waals surface area (Å²) >= 11 is 0. The van der Waals surface area contributed by atoms with Gasteiger partial charge in [0.05, 0.1) is 11.1 Å². The predicted molar refractivity (Wildman–Crippen MR) is 191 cm³/mol. The lowest BCUT2D eigenvalue weighted by Crippen LogP contribution is -2.65. The van der Waals surface area contributed by atoms with Crippen LogP contribution in [0.4, 0.5) is 11.6 Å². The summed E-state index contributed by atoms with van der Waals surface area (Å²) in [5, 5.41) is 19.0. The average Bonchev–Trinajstić information content (AvgIpc) is 3.62. The number of carboxylic acids is 1. The van der Waals surface area contributed by atoms with E-state index in [4.69, 9.17) is 21.5 Å². The molecule has 0 radical (unpaired) electrons. The molecule has 0 bridgehead atoms.